The number of primary amides is 1. The Balaban J connectivity index is 1.96. The van der Waals surface area contributed by atoms with Crippen molar-refractivity contribution in [3.05, 3.63) is 11.4 Å². The van der Waals surface area contributed by atoms with Crippen LogP contribution in [0.15, 0.2) is 0 Å². The molecule has 1 fully saturated rings. The van der Waals surface area contributed by atoms with Crippen LogP contribution in [0.1, 0.15) is 50.9 Å². The molecular formula is C14H23N5O. The number of aromatic nitrogens is 3. The van der Waals surface area contributed by atoms with Crippen LogP contribution in [0.5, 0.6) is 0 Å². The molecular weight excluding hydrogens is 254 g/mol. The van der Waals surface area contributed by atoms with Crippen molar-refractivity contribution in [1.82, 2.24) is 15.2 Å². The maximum absolute atomic E-state index is 11.1. The van der Waals surface area contributed by atoms with Gasteiger partial charge in [-0.15, -0.1) is 5.10 Å². The maximum Gasteiger partial charge on any atom is 0.243 e. The molecule has 0 unspecified atom stereocenters. The second-order valence-corrected chi connectivity index (χ2v) is 5.33. The van der Waals surface area contributed by atoms with Gasteiger partial charge in [-0.3, -0.25) is 4.79 Å². The third-order valence-corrected chi connectivity index (χ3v) is 3.97. The lowest BCUT2D eigenvalue weighted by Crippen LogP contribution is -2.33. The van der Waals surface area contributed by atoms with E-state index in [2.05, 4.69) is 34.3 Å². The van der Waals surface area contributed by atoms with Crippen molar-refractivity contribution in [3.63, 3.8) is 0 Å². The number of hydrogen-bond donors (Lipinski definition) is 2. The van der Waals surface area contributed by atoms with Crippen molar-refractivity contribution in [2.45, 2.75) is 58.4 Å². The molecule has 1 aliphatic carbocycles. The van der Waals surface area contributed by atoms with Crippen LogP contribution >= 0.6 is 0 Å². The fourth-order valence-electron chi connectivity index (χ4n) is 2.70. The Morgan fingerprint density at radius 1 is 1.15 bits per heavy atom. The van der Waals surface area contributed by atoms with E-state index in [1.54, 1.807) is 0 Å². The minimum atomic E-state index is -0.179. The molecule has 0 saturated heterocycles. The molecule has 6 heteroatoms. The van der Waals surface area contributed by atoms with E-state index < -0.39 is 0 Å². The Morgan fingerprint density at radius 2 is 1.80 bits per heavy atom. The first-order chi connectivity index (χ1) is 9.63. The van der Waals surface area contributed by atoms with Crippen LogP contribution < -0.4 is 11.1 Å². The van der Waals surface area contributed by atoms with Crippen LogP contribution in [0.4, 0.5) is 5.95 Å². The second kappa shape index (κ2) is 6.63. The number of carbonyl (C=O) groups excluding carboxylic acids is 1. The standard InChI is InChI=1S/C14H23N5O/c1-3-11-12(4-2)18-19-14(17-11)16-10-7-5-9(6-8-10)13(15)20/h9-10H,3-8H2,1-2H3,(H2,15,20)(H,16,17,19). The Morgan fingerprint density at radius 3 is 2.35 bits per heavy atom. The number of amides is 1. The zero-order chi connectivity index (χ0) is 14.5. The lowest BCUT2D eigenvalue weighted by Gasteiger charge is -2.27. The highest BCUT2D eigenvalue weighted by atomic mass is 16.1. The predicted molar refractivity (Wildman–Crippen MR) is 77.1 cm³/mol. The molecule has 110 valence electrons. The minimum Gasteiger partial charge on any atom is -0.369 e. The predicted octanol–water partition coefficient (Wildman–Crippen LogP) is 1.45. The highest BCUT2D eigenvalue weighted by Crippen LogP contribution is 2.25. The molecule has 20 heavy (non-hydrogen) atoms. The van der Waals surface area contributed by atoms with E-state index in [9.17, 15) is 4.79 Å². The third-order valence-electron chi connectivity index (χ3n) is 3.97. The van der Waals surface area contributed by atoms with E-state index >= 15 is 0 Å². The van der Waals surface area contributed by atoms with Crippen molar-refractivity contribution in [3.8, 4) is 0 Å². The Labute approximate surface area is 119 Å². The number of hydrogen-bond acceptors (Lipinski definition) is 5. The smallest absolute Gasteiger partial charge is 0.243 e. The van der Waals surface area contributed by atoms with Gasteiger partial charge in [-0.05, 0) is 38.5 Å². The van der Waals surface area contributed by atoms with Crippen LogP contribution in [0.3, 0.4) is 0 Å². The van der Waals surface area contributed by atoms with Crippen LogP contribution in [-0.4, -0.2) is 27.1 Å². The molecule has 3 N–H and O–H groups in total. The molecule has 1 amide bonds. The number of nitrogens with two attached hydrogens (primary N) is 1. The molecule has 0 aliphatic heterocycles. The molecule has 6 nitrogen and oxygen atoms in total. The molecule has 0 spiro atoms. The van der Waals surface area contributed by atoms with Crippen molar-refractivity contribution in [2.24, 2.45) is 11.7 Å². The number of nitrogens with zero attached hydrogens (tertiary/aromatic N) is 3. The molecule has 1 aromatic rings. The molecule has 0 aromatic carbocycles. The minimum absolute atomic E-state index is 0.0285. The van der Waals surface area contributed by atoms with Gasteiger partial charge in [0, 0.05) is 12.0 Å². The number of carbonyl (C=O) groups is 1. The molecule has 0 bridgehead atoms. The number of anilines is 1. The van der Waals surface area contributed by atoms with Gasteiger partial charge in [-0.1, -0.05) is 13.8 Å². The number of rotatable bonds is 5. The normalized spacial score (nSPS) is 22.5. The fraction of sp³-hybridized carbons (Fsp3) is 0.714. The quantitative estimate of drug-likeness (QED) is 0.849. The second-order valence-electron chi connectivity index (χ2n) is 5.33. The van der Waals surface area contributed by atoms with Gasteiger partial charge < -0.3 is 11.1 Å². The van der Waals surface area contributed by atoms with E-state index in [4.69, 9.17) is 5.73 Å². The summed E-state index contributed by atoms with van der Waals surface area (Å²) in [4.78, 5) is 15.7. The first-order valence-corrected chi connectivity index (χ1v) is 7.42. The zero-order valence-electron chi connectivity index (χ0n) is 12.2. The first kappa shape index (κ1) is 14.7. The Bertz CT molecular complexity index is 469. The maximum atomic E-state index is 11.1. The van der Waals surface area contributed by atoms with E-state index in [1.165, 1.54) is 0 Å². The lowest BCUT2D eigenvalue weighted by atomic mass is 9.86. The van der Waals surface area contributed by atoms with E-state index in [0.29, 0.717) is 12.0 Å². The topological polar surface area (TPSA) is 93.8 Å². The van der Waals surface area contributed by atoms with Gasteiger partial charge in [0.05, 0.1) is 11.4 Å². The summed E-state index contributed by atoms with van der Waals surface area (Å²) in [5.41, 5.74) is 7.32. The van der Waals surface area contributed by atoms with Gasteiger partial charge in [-0.25, -0.2) is 4.98 Å². The molecule has 0 radical (unpaired) electrons. The van der Waals surface area contributed by atoms with Crippen molar-refractivity contribution < 1.29 is 4.79 Å². The summed E-state index contributed by atoms with van der Waals surface area (Å²) >= 11 is 0. The van der Waals surface area contributed by atoms with E-state index in [1.807, 2.05) is 0 Å². The Kier molecular flexibility index (Phi) is 4.87. The summed E-state index contributed by atoms with van der Waals surface area (Å²) in [7, 11) is 0. The van der Waals surface area contributed by atoms with Gasteiger partial charge in [0.15, 0.2) is 0 Å². The summed E-state index contributed by atoms with van der Waals surface area (Å²) in [6.07, 6.45) is 5.25. The van der Waals surface area contributed by atoms with Crippen LogP contribution in [0.2, 0.25) is 0 Å². The van der Waals surface area contributed by atoms with Crippen molar-refractivity contribution >= 4 is 11.9 Å². The highest BCUT2D eigenvalue weighted by Gasteiger charge is 2.25. The largest absolute Gasteiger partial charge is 0.369 e. The summed E-state index contributed by atoms with van der Waals surface area (Å²) in [5.74, 6) is 0.448. The van der Waals surface area contributed by atoms with E-state index in [0.717, 1.165) is 49.9 Å². The zero-order valence-corrected chi connectivity index (χ0v) is 12.2. The molecule has 1 aromatic heterocycles. The summed E-state index contributed by atoms with van der Waals surface area (Å²) < 4.78 is 0. The summed E-state index contributed by atoms with van der Waals surface area (Å²) in [5, 5.41) is 11.7. The van der Waals surface area contributed by atoms with Gasteiger partial charge in [0.1, 0.15) is 0 Å². The van der Waals surface area contributed by atoms with Gasteiger partial charge in [0.2, 0.25) is 11.9 Å². The molecule has 2 rings (SSSR count). The van der Waals surface area contributed by atoms with Crippen molar-refractivity contribution in [1.29, 1.82) is 0 Å². The van der Waals surface area contributed by atoms with Gasteiger partial charge in [-0.2, -0.15) is 5.10 Å². The van der Waals surface area contributed by atoms with Gasteiger partial charge >= 0.3 is 0 Å². The van der Waals surface area contributed by atoms with Crippen LogP contribution in [-0.2, 0) is 17.6 Å². The average molecular weight is 277 g/mol. The van der Waals surface area contributed by atoms with Crippen molar-refractivity contribution in [2.75, 3.05) is 5.32 Å². The summed E-state index contributed by atoms with van der Waals surface area (Å²) in [6, 6.07) is 0.310. The lowest BCUT2D eigenvalue weighted by molar-refractivity contribution is -0.122. The molecule has 0 atom stereocenters. The summed E-state index contributed by atoms with van der Waals surface area (Å²) in [6.45, 7) is 4.13. The Hall–Kier alpha value is -1.72. The molecule has 1 aliphatic rings. The average Bonchev–Trinajstić information content (AvgIpc) is 2.47. The van der Waals surface area contributed by atoms with Gasteiger partial charge in [0.25, 0.3) is 0 Å². The molecule has 1 saturated carbocycles. The highest BCUT2D eigenvalue weighted by molar-refractivity contribution is 5.76. The third kappa shape index (κ3) is 3.43. The van der Waals surface area contributed by atoms with E-state index in [-0.39, 0.29) is 11.8 Å². The number of nitrogens with one attached hydrogen (secondary N) is 1. The van der Waals surface area contributed by atoms with Crippen LogP contribution in [0.25, 0.3) is 0 Å². The fourth-order valence-corrected chi connectivity index (χ4v) is 2.70. The first-order valence-electron chi connectivity index (χ1n) is 7.42. The SMILES string of the molecule is CCc1nnc(NC2CCC(C(N)=O)CC2)nc1CC. The number of aryl methyl sites for hydroxylation is 2. The monoisotopic (exact) mass is 277 g/mol. The molecule has 1 heterocycles. The van der Waals surface area contributed by atoms with Crippen LogP contribution in [0, 0.1) is 5.92 Å².